The summed E-state index contributed by atoms with van der Waals surface area (Å²) in [7, 11) is 0. The molecule has 1 rings (SSSR count). The molecule has 3 unspecified atom stereocenters. The standard InChI is InChI=1S/C13H26/c1-9(2)7-11(5)12-8-13(12,6)10(3)4/h9-12H,7-8H2,1-6H3. The molecule has 1 aliphatic carbocycles. The molecular formula is C13H26. The summed E-state index contributed by atoms with van der Waals surface area (Å²) < 4.78 is 0. The van der Waals surface area contributed by atoms with Crippen LogP contribution in [0.3, 0.4) is 0 Å². The Labute approximate surface area is 84.1 Å². The van der Waals surface area contributed by atoms with Gasteiger partial charge >= 0.3 is 0 Å². The second kappa shape index (κ2) is 3.63. The van der Waals surface area contributed by atoms with E-state index in [1.54, 1.807) is 0 Å². The highest BCUT2D eigenvalue weighted by Gasteiger charge is 2.53. The smallest absolute Gasteiger partial charge is 0.0269 e. The summed E-state index contributed by atoms with van der Waals surface area (Å²) in [6.45, 7) is 14.3. The van der Waals surface area contributed by atoms with Crippen molar-refractivity contribution >= 4 is 0 Å². The van der Waals surface area contributed by atoms with E-state index >= 15 is 0 Å². The van der Waals surface area contributed by atoms with Gasteiger partial charge in [-0.3, -0.25) is 0 Å². The van der Waals surface area contributed by atoms with Crippen molar-refractivity contribution in [1.82, 2.24) is 0 Å². The van der Waals surface area contributed by atoms with Crippen LogP contribution in [0.1, 0.15) is 54.4 Å². The summed E-state index contributed by atoms with van der Waals surface area (Å²) in [6, 6.07) is 0. The fraction of sp³-hybridized carbons (Fsp3) is 1.00. The van der Waals surface area contributed by atoms with E-state index in [4.69, 9.17) is 0 Å². The van der Waals surface area contributed by atoms with Crippen LogP contribution in [0.25, 0.3) is 0 Å². The van der Waals surface area contributed by atoms with Gasteiger partial charge in [-0.15, -0.1) is 0 Å². The van der Waals surface area contributed by atoms with E-state index in [1.165, 1.54) is 12.8 Å². The highest BCUT2D eigenvalue weighted by molar-refractivity contribution is 5.02. The molecule has 78 valence electrons. The zero-order valence-electron chi connectivity index (χ0n) is 10.2. The minimum atomic E-state index is 0.675. The molecule has 1 saturated carbocycles. The molecule has 0 saturated heterocycles. The Bertz CT molecular complexity index is 169. The van der Waals surface area contributed by atoms with Gasteiger partial charge < -0.3 is 0 Å². The van der Waals surface area contributed by atoms with Crippen LogP contribution in [0.5, 0.6) is 0 Å². The van der Waals surface area contributed by atoms with Crippen molar-refractivity contribution in [2.75, 3.05) is 0 Å². The second-order valence-electron chi connectivity index (χ2n) is 6.08. The van der Waals surface area contributed by atoms with Crippen LogP contribution in [0.4, 0.5) is 0 Å². The van der Waals surface area contributed by atoms with Crippen molar-refractivity contribution < 1.29 is 0 Å². The van der Waals surface area contributed by atoms with E-state index in [9.17, 15) is 0 Å². The van der Waals surface area contributed by atoms with Crippen molar-refractivity contribution in [3.63, 3.8) is 0 Å². The van der Waals surface area contributed by atoms with Gasteiger partial charge in [-0.2, -0.15) is 0 Å². The lowest BCUT2D eigenvalue weighted by molar-refractivity contribution is 0.288. The number of hydrogen-bond donors (Lipinski definition) is 0. The summed E-state index contributed by atoms with van der Waals surface area (Å²) in [5.41, 5.74) is 0.675. The summed E-state index contributed by atoms with van der Waals surface area (Å²) in [5, 5.41) is 0. The van der Waals surface area contributed by atoms with Crippen molar-refractivity contribution in [2.45, 2.75) is 54.4 Å². The lowest BCUT2D eigenvalue weighted by Gasteiger charge is -2.20. The molecule has 3 atom stereocenters. The molecule has 0 bridgehead atoms. The summed E-state index contributed by atoms with van der Waals surface area (Å²) in [5.74, 6) is 3.68. The molecule has 0 nitrogen and oxygen atoms in total. The molecule has 0 heterocycles. The molecule has 0 radical (unpaired) electrons. The van der Waals surface area contributed by atoms with E-state index in [1.807, 2.05) is 0 Å². The Morgan fingerprint density at radius 3 is 2.00 bits per heavy atom. The van der Waals surface area contributed by atoms with Gasteiger partial charge in [0.1, 0.15) is 0 Å². The number of hydrogen-bond acceptors (Lipinski definition) is 0. The quantitative estimate of drug-likeness (QED) is 0.606. The topological polar surface area (TPSA) is 0 Å². The SMILES string of the molecule is CC(C)CC(C)C1CC1(C)C(C)C. The van der Waals surface area contributed by atoms with Crippen LogP contribution in [0.15, 0.2) is 0 Å². The van der Waals surface area contributed by atoms with Gasteiger partial charge in [0.25, 0.3) is 0 Å². The maximum Gasteiger partial charge on any atom is -0.0269 e. The predicted octanol–water partition coefficient (Wildman–Crippen LogP) is 4.35. The monoisotopic (exact) mass is 182 g/mol. The average Bonchev–Trinajstić information content (AvgIpc) is 2.62. The third-order valence-corrected chi connectivity index (χ3v) is 4.20. The average molecular weight is 182 g/mol. The van der Waals surface area contributed by atoms with Crippen LogP contribution in [0.2, 0.25) is 0 Å². The fourth-order valence-corrected chi connectivity index (χ4v) is 2.84. The van der Waals surface area contributed by atoms with Gasteiger partial charge in [-0.1, -0.05) is 41.5 Å². The van der Waals surface area contributed by atoms with Crippen LogP contribution in [-0.2, 0) is 0 Å². The first kappa shape index (κ1) is 11.1. The van der Waals surface area contributed by atoms with Gasteiger partial charge in [0.2, 0.25) is 0 Å². The first-order valence-corrected chi connectivity index (χ1v) is 5.88. The molecule has 0 aromatic heterocycles. The Kier molecular flexibility index (Phi) is 3.09. The predicted molar refractivity (Wildman–Crippen MR) is 59.7 cm³/mol. The minimum Gasteiger partial charge on any atom is -0.0628 e. The van der Waals surface area contributed by atoms with Crippen LogP contribution >= 0.6 is 0 Å². The van der Waals surface area contributed by atoms with E-state index < -0.39 is 0 Å². The highest BCUT2D eigenvalue weighted by Crippen LogP contribution is 2.61. The minimum absolute atomic E-state index is 0.675. The molecule has 13 heavy (non-hydrogen) atoms. The van der Waals surface area contributed by atoms with Crippen molar-refractivity contribution in [3.8, 4) is 0 Å². The molecule has 0 aliphatic heterocycles. The summed E-state index contributed by atoms with van der Waals surface area (Å²) in [6.07, 6.45) is 2.88. The van der Waals surface area contributed by atoms with Crippen LogP contribution in [-0.4, -0.2) is 0 Å². The summed E-state index contributed by atoms with van der Waals surface area (Å²) >= 11 is 0. The lowest BCUT2D eigenvalue weighted by atomic mass is 9.85. The normalized spacial score (nSPS) is 35.5. The maximum absolute atomic E-state index is 2.47. The van der Waals surface area contributed by atoms with Crippen LogP contribution < -0.4 is 0 Å². The Morgan fingerprint density at radius 1 is 1.15 bits per heavy atom. The maximum atomic E-state index is 2.47. The summed E-state index contributed by atoms with van der Waals surface area (Å²) in [4.78, 5) is 0. The molecule has 0 N–H and O–H groups in total. The Hall–Kier alpha value is 0. The van der Waals surface area contributed by atoms with E-state index in [0.717, 1.165) is 23.7 Å². The molecule has 1 aliphatic rings. The van der Waals surface area contributed by atoms with Gasteiger partial charge in [-0.05, 0) is 41.9 Å². The molecule has 0 heteroatoms. The molecule has 0 aromatic rings. The number of rotatable bonds is 4. The van der Waals surface area contributed by atoms with Crippen molar-refractivity contribution in [3.05, 3.63) is 0 Å². The third kappa shape index (κ3) is 2.27. The molecular weight excluding hydrogens is 156 g/mol. The Morgan fingerprint density at radius 2 is 1.69 bits per heavy atom. The van der Waals surface area contributed by atoms with E-state index in [0.29, 0.717) is 5.41 Å². The van der Waals surface area contributed by atoms with Gasteiger partial charge in [-0.25, -0.2) is 0 Å². The lowest BCUT2D eigenvalue weighted by Crippen LogP contribution is -2.13. The first-order chi connectivity index (χ1) is 5.88. The van der Waals surface area contributed by atoms with Crippen LogP contribution in [0, 0.1) is 29.1 Å². The largest absolute Gasteiger partial charge is 0.0628 e. The highest BCUT2D eigenvalue weighted by atomic mass is 14.6. The molecule has 0 amide bonds. The second-order valence-corrected chi connectivity index (χ2v) is 6.08. The van der Waals surface area contributed by atoms with Crippen molar-refractivity contribution in [2.24, 2.45) is 29.1 Å². The third-order valence-electron chi connectivity index (χ3n) is 4.20. The zero-order valence-corrected chi connectivity index (χ0v) is 10.2. The van der Waals surface area contributed by atoms with Crippen molar-refractivity contribution in [1.29, 1.82) is 0 Å². The van der Waals surface area contributed by atoms with E-state index in [-0.39, 0.29) is 0 Å². The molecule has 1 fully saturated rings. The van der Waals surface area contributed by atoms with Gasteiger partial charge in [0.15, 0.2) is 0 Å². The Balaban J connectivity index is 2.41. The van der Waals surface area contributed by atoms with Gasteiger partial charge in [0.05, 0.1) is 0 Å². The zero-order chi connectivity index (χ0) is 10.2. The van der Waals surface area contributed by atoms with E-state index in [2.05, 4.69) is 41.5 Å². The molecule has 0 aromatic carbocycles. The first-order valence-electron chi connectivity index (χ1n) is 5.88. The van der Waals surface area contributed by atoms with Gasteiger partial charge in [0, 0.05) is 0 Å². The fourth-order valence-electron chi connectivity index (χ4n) is 2.84. The molecule has 0 spiro atoms.